The van der Waals surface area contributed by atoms with Crippen LogP contribution in [0, 0.1) is 11.8 Å². The maximum atomic E-state index is 11.7. The maximum Gasteiger partial charge on any atom is 0.246 e. The highest BCUT2D eigenvalue weighted by atomic mass is 16.5. The van der Waals surface area contributed by atoms with E-state index in [1.54, 1.807) is 7.11 Å². The SMILES string of the molecule is COCC(=O)NCC1CC2CCN1CC2CN1CCc2ccccc2C1. The molecule has 1 aromatic rings. The fourth-order valence-electron chi connectivity index (χ4n) is 5.12. The third kappa shape index (κ3) is 3.95. The Labute approximate surface area is 156 Å². The summed E-state index contributed by atoms with van der Waals surface area (Å²) in [5.74, 6) is 1.58. The second-order valence-corrected chi connectivity index (χ2v) is 8.18. The Kier molecular flexibility index (Phi) is 5.57. The van der Waals surface area contributed by atoms with Crippen LogP contribution in [-0.2, 0) is 22.5 Å². The summed E-state index contributed by atoms with van der Waals surface area (Å²) >= 11 is 0. The van der Waals surface area contributed by atoms with Gasteiger partial charge in [0.05, 0.1) is 0 Å². The molecule has 1 amide bonds. The van der Waals surface area contributed by atoms with Crippen molar-refractivity contribution in [3.05, 3.63) is 35.4 Å². The predicted molar refractivity (Wildman–Crippen MR) is 102 cm³/mol. The van der Waals surface area contributed by atoms with Crippen LogP contribution >= 0.6 is 0 Å². The molecule has 142 valence electrons. The number of amides is 1. The van der Waals surface area contributed by atoms with Crippen LogP contribution in [0.25, 0.3) is 0 Å². The maximum absolute atomic E-state index is 11.7. The lowest BCUT2D eigenvalue weighted by Gasteiger charge is -2.51. The molecule has 4 unspecified atom stereocenters. The number of nitrogens with one attached hydrogen (secondary N) is 1. The zero-order valence-electron chi connectivity index (χ0n) is 15.8. The topological polar surface area (TPSA) is 44.8 Å². The molecule has 26 heavy (non-hydrogen) atoms. The molecule has 0 saturated carbocycles. The number of rotatable bonds is 6. The predicted octanol–water partition coefficient (Wildman–Crippen LogP) is 1.52. The Morgan fingerprint density at radius 1 is 1.27 bits per heavy atom. The molecule has 1 N–H and O–H groups in total. The molecule has 0 radical (unpaired) electrons. The van der Waals surface area contributed by atoms with Crippen molar-refractivity contribution in [2.24, 2.45) is 11.8 Å². The third-order valence-electron chi connectivity index (χ3n) is 6.53. The van der Waals surface area contributed by atoms with Crippen LogP contribution in [0.4, 0.5) is 0 Å². The smallest absolute Gasteiger partial charge is 0.246 e. The molecule has 4 aliphatic rings. The molecule has 0 spiro atoms. The minimum atomic E-state index is -0.00122. The number of carbonyl (C=O) groups excluding carboxylic acids is 1. The number of benzene rings is 1. The van der Waals surface area contributed by atoms with Gasteiger partial charge in [-0.25, -0.2) is 0 Å². The van der Waals surface area contributed by atoms with Gasteiger partial charge in [0.25, 0.3) is 0 Å². The molecule has 0 aliphatic carbocycles. The van der Waals surface area contributed by atoms with Gasteiger partial charge in [0.15, 0.2) is 0 Å². The number of fused-ring (bicyclic) bond motifs is 4. The van der Waals surface area contributed by atoms with E-state index in [9.17, 15) is 4.79 Å². The highest BCUT2D eigenvalue weighted by Crippen LogP contribution is 2.37. The first kappa shape index (κ1) is 18.0. The summed E-state index contributed by atoms with van der Waals surface area (Å²) in [5.41, 5.74) is 3.04. The Hall–Kier alpha value is -1.43. The van der Waals surface area contributed by atoms with Crippen molar-refractivity contribution in [3.63, 3.8) is 0 Å². The number of hydrogen-bond donors (Lipinski definition) is 1. The van der Waals surface area contributed by atoms with Crippen molar-refractivity contribution in [1.82, 2.24) is 15.1 Å². The van der Waals surface area contributed by atoms with E-state index in [1.807, 2.05) is 0 Å². The number of carbonyl (C=O) groups is 1. The Bertz CT molecular complexity index is 635. The molecule has 1 aromatic carbocycles. The third-order valence-corrected chi connectivity index (χ3v) is 6.53. The molecule has 3 fully saturated rings. The zero-order valence-corrected chi connectivity index (χ0v) is 15.8. The average molecular weight is 357 g/mol. The van der Waals surface area contributed by atoms with Gasteiger partial charge in [0.2, 0.25) is 5.91 Å². The summed E-state index contributed by atoms with van der Waals surface area (Å²) in [5, 5.41) is 3.03. The molecule has 5 heteroatoms. The molecule has 4 atom stereocenters. The van der Waals surface area contributed by atoms with Gasteiger partial charge in [-0.05, 0) is 48.8 Å². The van der Waals surface area contributed by atoms with Gasteiger partial charge in [-0.2, -0.15) is 0 Å². The standard InChI is InChI=1S/C21H31N3O2/c1-26-15-21(25)22-11-20-10-17-7-9-24(20)14-19(17)13-23-8-6-16-4-2-3-5-18(16)12-23/h2-5,17,19-20H,6-15H2,1H3,(H,22,25). The molecule has 0 aromatic heterocycles. The van der Waals surface area contributed by atoms with Gasteiger partial charge in [0.1, 0.15) is 6.61 Å². The molecule has 5 rings (SSSR count). The first-order chi connectivity index (χ1) is 12.7. The van der Waals surface area contributed by atoms with Gasteiger partial charge in [-0.1, -0.05) is 24.3 Å². The van der Waals surface area contributed by atoms with Gasteiger partial charge < -0.3 is 10.1 Å². The summed E-state index contributed by atoms with van der Waals surface area (Å²) in [4.78, 5) is 16.9. The van der Waals surface area contributed by atoms with E-state index >= 15 is 0 Å². The Balaban J connectivity index is 1.29. The number of ether oxygens (including phenoxy) is 1. The lowest BCUT2D eigenvalue weighted by Crippen LogP contribution is -2.58. The normalized spacial score (nSPS) is 30.8. The fraction of sp³-hybridized carbons (Fsp3) is 0.667. The minimum absolute atomic E-state index is 0.00122. The van der Waals surface area contributed by atoms with Crippen molar-refractivity contribution in [2.75, 3.05) is 46.4 Å². The molecular formula is C21H31N3O2. The van der Waals surface area contributed by atoms with Crippen molar-refractivity contribution < 1.29 is 9.53 Å². The van der Waals surface area contributed by atoms with E-state index in [0.717, 1.165) is 24.9 Å². The molecule has 4 aliphatic heterocycles. The second-order valence-electron chi connectivity index (χ2n) is 8.18. The Morgan fingerprint density at radius 3 is 2.88 bits per heavy atom. The summed E-state index contributed by atoms with van der Waals surface area (Å²) in [7, 11) is 1.56. The lowest BCUT2D eigenvalue weighted by molar-refractivity contribution is -0.125. The second kappa shape index (κ2) is 8.07. The van der Waals surface area contributed by atoms with E-state index in [4.69, 9.17) is 4.74 Å². The first-order valence-corrected chi connectivity index (χ1v) is 10.0. The van der Waals surface area contributed by atoms with Crippen molar-refractivity contribution in [3.8, 4) is 0 Å². The van der Waals surface area contributed by atoms with Crippen LogP contribution in [0.15, 0.2) is 24.3 Å². The van der Waals surface area contributed by atoms with E-state index in [0.29, 0.717) is 6.04 Å². The molecule has 5 nitrogen and oxygen atoms in total. The van der Waals surface area contributed by atoms with Crippen LogP contribution in [0.1, 0.15) is 24.0 Å². The van der Waals surface area contributed by atoms with Crippen molar-refractivity contribution in [2.45, 2.75) is 31.8 Å². The summed E-state index contributed by atoms with van der Waals surface area (Å²) in [6.45, 7) is 6.82. The minimum Gasteiger partial charge on any atom is -0.375 e. The van der Waals surface area contributed by atoms with E-state index < -0.39 is 0 Å². The van der Waals surface area contributed by atoms with Gasteiger partial charge in [-0.15, -0.1) is 0 Å². The summed E-state index contributed by atoms with van der Waals surface area (Å²) < 4.78 is 4.90. The highest BCUT2D eigenvalue weighted by Gasteiger charge is 2.40. The monoisotopic (exact) mass is 357 g/mol. The van der Waals surface area contributed by atoms with Crippen molar-refractivity contribution in [1.29, 1.82) is 0 Å². The zero-order chi connectivity index (χ0) is 17.9. The number of nitrogens with zero attached hydrogens (tertiary/aromatic N) is 2. The summed E-state index contributed by atoms with van der Waals surface area (Å²) in [6, 6.07) is 9.40. The fourth-order valence-corrected chi connectivity index (χ4v) is 5.12. The average Bonchev–Trinajstić information content (AvgIpc) is 2.67. The Morgan fingerprint density at radius 2 is 2.12 bits per heavy atom. The molecule has 4 heterocycles. The van der Waals surface area contributed by atoms with Gasteiger partial charge in [-0.3, -0.25) is 14.6 Å². The largest absolute Gasteiger partial charge is 0.375 e. The van der Waals surface area contributed by atoms with Crippen LogP contribution in [0.2, 0.25) is 0 Å². The van der Waals surface area contributed by atoms with Crippen LogP contribution in [-0.4, -0.2) is 68.2 Å². The molecule has 2 bridgehead atoms. The number of methoxy groups -OCH3 is 1. The van der Waals surface area contributed by atoms with E-state index in [2.05, 4.69) is 39.4 Å². The van der Waals surface area contributed by atoms with E-state index in [-0.39, 0.29) is 12.5 Å². The number of hydrogen-bond acceptors (Lipinski definition) is 4. The number of piperidine rings is 3. The van der Waals surface area contributed by atoms with Crippen molar-refractivity contribution >= 4 is 5.91 Å². The van der Waals surface area contributed by atoms with Gasteiger partial charge in [0, 0.05) is 45.9 Å². The summed E-state index contributed by atoms with van der Waals surface area (Å²) in [6.07, 6.45) is 3.73. The van der Waals surface area contributed by atoms with Gasteiger partial charge >= 0.3 is 0 Å². The lowest BCUT2D eigenvalue weighted by atomic mass is 9.75. The van der Waals surface area contributed by atoms with Crippen LogP contribution in [0.5, 0.6) is 0 Å². The molecule has 3 saturated heterocycles. The highest BCUT2D eigenvalue weighted by molar-refractivity contribution is 5.77. The van der Waals surface area contributed by atoms with Crippen LogP contribution < -0.4 is 5.32 Å². The van der Waals surface area contributed by atoms with E-state index in [1.165, 1.54) is 56.6 Å². The quantitative estimate of drug-likeness (QED) is 0.838. The molecular weight excluding hydrogens is 326 g/mol. The van der Waals surface area contributed by atoms with Crippen LogP contribution in [0.3, 0.4) is 0 Å². The first-order valence-electron chi connectivity index (χ1n) is 10.0.